The Morgan fingerprint density at radius 2 is 1.64 bits per heavy atom. The van der Waals surface area contributed by atoms with Crippen LogP contribution in [0.2, 0.25) is 0 Å². The Balaban J connectivity index is 2.24. The number of nitriles is 1. The van der Waals surface area contributed by atoms with Crippen LogP contribution in [-0.2, 0) is 0 Å². The molecule has 0 aliphatic rings. The molecular weight excluding hydrogens is 340 g/mol. The molecule has 3 rings (SSSR count). The number of hydrogen-bond donors (Lipinski definition) is 1. The van der Waals surface area contributed by atoms with Crippen LogP contribution in [0.15, 0.2) is 69.9 Å². The highest BCUT2D eigenvalue weighted by molar-refractivity contribution is 9.10. The zero-order valence-corrected chi connectivity index (χ0v) is 13.1. The lowest BCUT2D eigenvalue weighted by molar-refractivity contribution is 1.22. The molecular formula is C18H11BrN2O. The molecule has 22 heavy (non-hydrogen) atoms. The Kier molecular flexibility index (Phi) is 3.90. The molecule has 0 aliphatic carbocycles. The second kappa shape index (κ2) is 6.00. The number of hydrogen-bond acceptors (Lipinski definition) is 2. The third kappa shape index (κ3) is 2.72. The van der Waals surface area contributed by atoms with Crippen LogP contribution in [0.3, 0.4) is 0 Å². The first kappa shape index (κ1) is 14.3. The van der Waals surface area contributed by atoms with E-state index in [1.165, 1.54) is 0 Å². The second-order valence-electron chi connectivity index (χ2n) is 4.79. The lowest BCUT2D eigenvalue weighted by atomic mass is 9.99. The molecule has 0 spiro atoms. The summed E-state index contributed by atoms with van der Waals surface area (Å²) in [6, 6.07) is 21.0. The third-order valence-corrected chi connectivity index (χ3v) is 3.91. The van der Waals surface area contributed by atoms with Crippen LogP contribution < -0.4 is 5.56 Å². The Labute approximate surface area is 136 Å². The molecule has 0 unspecified atom stereocenters. The number of benzene rings is 2. The van der Waals surface area contributed by atoms with Gasteiger partial charge in [-0.1, -0.05) is 58.4 Å². The number of nitrogens with one attached hydrogen (secondary N) is 1. The first-order valence-corrected chi connectivity index (χ1v) is 7.47. The number of nitrogens with zero attached hydrogens (tertiary/aromatic N) is 1. The third-order valence-electron chi connectivity index (χ3n) is 3.39. The first-order valence-electron chi connectivity index (χ1n) is 6.68. The molecule has 1 heterocycles. The Morgan fingerprint density at radius 1 is 0.955 bits per heavy atom. The molecule has 0 saturated carbocycles. The van der Waals surface area contributed by atoms with Crippen molar-refractivity contribution in [2.75, 3.05) is 0 Å². The van der Waals surface area contributed by atoms with Gasteiger partial charge in [-0.15, -0.1) is 0 Å². The van der Waals surface area contributed by atoms with E-state index >= 15 is 0 Å². The van der Waals surface area contributed by atoms with E-state index < -0.39 is 0 Å². The van der Waals surface area contributed by atoms with E-state index in [-0.39, 0.29) is 11.1 Å². The summed E-state index contributed by atoms with van der Waals surface area (Å²) >= 11 is 3.39. The van der Waals surface area contributed by atoms with Gasteiger partial charge in [-0.3, -0.25) is 4.79 Å². The largest absolute Gasteiger partial charge is 0.321 e. The Hall–Kier alpha value is -2.64. The van der Waals surface area contributed by atoms with Gasteiger partial charge in [0.1, 0.15) is 11.6 Å². The van der Waals surface area contributed by atoms with Crippen LogP contribution in [-0.4, -0.2) is 4.98 Å². The van der Waals surface area contributed by atoms with Crippen LogP contribution in [0.5, 0.6) is 0 Å². The zero-order chi connectivity index (χ0) is 15.5. The van der Waals surface area contributed by atoms with Gasteiger partial charge in [-0.05, 0) is 29.3 Å². The molecule has 4 heteroatoms. The molecule has 0 fully saturated rings. The molecule has 3 aromatic rings. The number of H-pyrrole nitrogens is 1. The van der Waals surface area contributed by atoms with Crippen molar-refractivity contribution in [3.05, 3.63) is 81.1 Å². The lowest BCUT2D eigenvalue weighted by Crippen LogP contribution is -2.12. The summed E-state index contributed by atoms with van der Waals surface area (Å²) in [6.45, 7) is 0. The standard InChI is InChI=1S/C18H11BrN2O/c19-14-8-6-12(7-9-14)15-10-17(13-4-2-1-3-5-13)21-18(22)16(15)11-20/h1-10H,(H,21,22). The molecule has 0 saturated heterocycles. The summed E-state index contributed by atoms with van der Waals surface area (Å²) in [5.41, 5.74) is 2.83. The van der Waals surface area contributed by atoms with Crippen LogP contribution in [0.25, 0.3) is 22.4 Å². The highest BCUT2D eigenvalue weighted by Gasteiger charge is 2.12. The van der Waals surface area contributed by atoms with Crippen molar-refractivity contribution in [2.45, 2.75) is 0 Å². The lowest BCUT2D eigenvalue weighted by Gasteiger charge is -2.08. The Bertz CT molecular complexity index is 907. The number of aromatic amines is 1. The maximum absolute atomic E-state index is 12.2. The maximum Gasteiger partial charge on any atom is 0.266 e. The number of pyridine rings is 1. The smallest absolute Gasteiger partial charge is 0.266 e. The van der Waals surface area contributed by atoms with Gasteiger partial charge in [0, 0.05) is 15.7 Å². The Morgan fingerprint density at radius 3 is 2.27 bits per heavy atom. The summed E-state index contributed by atoms with van der Waals surface area (Å²) in [6.07, 6.45) is 0. The molecule has 2 aromatic carbocycles. The van der Waals surface area contributed by atoms with E-state index in [2.05, 4.69) is 20.9 Å². The molecule has 0 aliphatic heterocycles. The van der Waals surface area contributed by atoms with Crippen molar-refractivity contribution in [3.8, 4) is 28.5 Å². The monoisotopic (exact) mass is 350 g/mol. The van der Waals surface area contributed by atoms with E-state index in [1.807, 2.05) is 66.7 Å². The van der Waals surface area contributed by atoms with Gasteiger partial charge in [-0.25, -0.2) is 0 Å². The van der Waals surface area contributed by atoms with Gasteiger partial charge in [0.15, 0.2) is 0 Å². The van der Waals surface area contributed by atoms with Crippen molar-refractivity contribution in [1.82, 2.24) is 4.98 Å². The highest BCUT2D eigenvalue weighted by atomic mass is 79.9. The predicted molar refractivity (Wildman–Crippen MR) is 90.3 cm³/mol. The van der Waals surface area contributed by atoms with E-state index in [1.54, 1.807) is 0 Å². The summed E-state index contributed by atoms with van der Waals surface area (Å²) in [4.78, 5) is 15.0. The fourth-order valence-corrected chi connectivity index (χ4v) is 2.57. The summed E-state index contributed by atoms with van der Waals surface area (Å²) in [5, 5.41) is 9.30. The fourth-order valence-electron chi connectivity index (χ4n) is 2.30. The average molecular weight is 351 g/mol. The predicted octanol–water partition coefficient (Wildman–Crippen LogP) is 4.34. The molecule has 3 nitrogen and oxygen atoms in total. The summed E-state index contributed by atoms with van der Waals surface area (Å²) < 4.78 is 0.947. The maximum atomic E-state index is 12.2. The molecule has 0 radical (unpaired) electrons. The van der Waals surface area contributed by atoms with E-state index in [0.29, 0.717) is 11.3 Å². The van der Waals surface area contributed by atoms with Crippen molar-refractivity contribution in [1.29, 1.82) is 5.26 Å². The van der Waals surface area contributed by atoms with Crippen LogP contribution in [0, 0.1) is 11.3 Å². The van der Waals surface area contributed by atoms with Crippen LogP contribution in [0.4, 0.5) is 0 Å². The topological polar surface area (TPSA) is 56.6 Å². The normalized spacial score (nSPS) is 10.2. The van der Waals surface area contributed by atoms with Gasteiger partial charge in [0.05, 0.1) is 0 Å². The van der Waals surface area contributed by atoms with Gasteiger partial charge in [0.25, 0.3) is 5.56 Å². The molecule has 0 amide bonds. The fraction of sp³-hybridized carbons (Fsp3) is 0. The van der Waals surface area contributed by atoms with E-state index in [0.717, 1.165) is 15.6 Å². The van der Waals surface area contributed by atoms with Gasteiger partial charge in [0.2, 0.25) is 0 Å². The average Bonchev–Trinajstić information content (AvgIpc) is 2.55. The molecule has 1 aromatic heterocycles. The molecule has 0 atom stereocenters. The second-order valence-corrected chi connectivity index (χ2v) is 5.70. The first-order chi connectivity index (χ1) is 10.7. The van der Waals surface area contributed by atoms with Crippen molar-refractivity contribution in [3.63, 3.8) is 0 Å². The SMILES string of the molecule is N#Cc1c(-c2ccc(Br)cc2)cc(-c2ccccc2)[nH]c1=O. The van der Waals surface area contributed by atoms with Crippen LogP contribution >= 0.6 is 15.9 Å². The minimum absolute atomic E-state index is 0.127. The van der Waals surface area contributed by atoms with Crippen molar-refractivity contribution >= 4 is 15.9 Å². The summed E-state index contributed by atoms with van der Waals surface area (Å²) in [7, 11) is 0. The minimum Gasteiger partial charge on any atom is -0.321 e. The van der Waals surface area contributed by atoms with Gasteiger partial charge < -0.3 is 4.98 Å². The van der Waals surface area contributed by atoms with Crippen molar-refractivity contribution < 1.29 is 0 Å². The van der Waals surface area contributed by atoms with Gasteiger partial charge >= 0.3 is 0 Å². The van der Waals surface area contributed by atoms with Gasteiger partial charge in [-0.2, -0.15) is 5.26 Å². The van der Waals surface area contributed by atoms with Crippen molar-refractivity contribution in [2.24, 2.45) is 0 Å². The molecule has 0 bridgehead atoms. The number of aromatic nitrogens is 1. The molecule has 106 valence electrons. The van der Waals surface area contributed by atoms with Crippen LogP contribution in [0.1, 0.15) is 5.56 Å². The number of rotatable bonds is 2. The zero-order valence-electron chi connectivity index (χ0n) is 11.5. The van der Waals surface area contributed by atoms with E-state index in [4.69, 9.17) is 0 Å². The summed E-state index contributed by atoms with van der Waals surface area (Å²) in [5.74, 6) is 0. The number of halogens is 1. The minimum atomic E-state index is -0.373. The molecule has 1 N–H and O–H groups in total. The quantitative estimate of drug-likeness (QED) is 0.747. The van der Waals surface area contributed by atoms with E-state index in [9.17, 15) is 10.1 Å². The highest BCUT2D eigenvalue weighted by Crippen LogP contribution is 2.27.